The molecule has 0 radical (unpaired) electrons. The summed E-state index contributed by atoms with van der Waals surface area (Å²) in [6.07, 6.45) is 4.10. The Labute approximate surface area is 199 Å². The maximum absolute atomic E-state index is 14.1. The van der Waals surface area contributed by atoms with E-state index in [2.05, 4.69) is 27.9 Å². The van der Waals surface area contributed by atoms with E-state index >= 15 is 0 Å². The van der Waals surface area contributed by atoms with Crippen LogP contribution in [0.5, 0.6) is 0 Å². The lowest BCUT2D eigenvalue weighted by Gasteiger charge is -2.41. The summed E-state index contributed by atoms with van der Waals surface area (Å²) < 4.78 is 42.1. The van der Waals surface area contributed by atoms with Crippen LogP contribution in [0.3, 0.4) is 0 Å². The van der Waals surface area contributed by atoms with Gasteiger partial charge in [-0.2, -0.15) is 0 Å². The Kier molecular flexibility index (Phi) is 6.34. The lowest BCUT2D eigenvalue weighted by Crippen LogP contribution is -2.60. The molecule has 2 aliphatic carbocycles. The Bertz CT molecular complexity index is 1040. The molecule has 0 aliphatic heterocycles. The van der Waals surface area contributed by atoms with Crippen LogP contribution >= 0.6 is 24.2 Å². The molecule has 5 atom stereocenters. The minimum absolute atomic E-state index is 0.133. The number of amides is 2. The first-order valence-electron chi connectivity index (χ1n) is 10.4. The molecular formula is C22H22ClF3N4O2S. The van der Waals surface area contributed by atoms with Crippen molar-refractivity contribution in [3.63, 3.8) is 0 Å². The number of carbonyl (C=O) groups excluding carboxylic acids is 2. The van der Waals surface area contributed by atoms with Crippen molar-refractivity contribution in [1.82, 2.24) is 15.3 Å². The minimum atomic E-state index is -2.74. The zero-order valence-electron chi connectivity index (χ0n) is 17.6. The summed E-state index contributed by atoms with van der Waals surface area (Å²) in [5, 5.41) is 2.84. The highest BCUT2D eigenvalue weighted by molar-refractivity contribution is 7.80. The van der Waals surface area contributed by atoms with Gasteiger partial charge in [-0.25, -0.2) is 23.1 Å². The Morgan fingerprint density at radius 1 is 1.24 bits per heavy atom. The van der Waals surface area contributed by atoms with Gasteiger partial charge in [-0.3, -0.25) is 14.5 Å². The summed E-state index contributed by atoms with van der Waals surface area (Å²) in [7, 11) is 0. The van der Waals surface area contributed by atoms with Crippen LogP contribution < -0.4 is 10.2 Å². The van der Waals surface area contributed by atoms with Gasteiger partial charge in [0, 0.05) is 46.9 Å². The van der Waals surface area contributed by atoms with Crippen molar-refractivity contribution in [1.29, 1.82) is 0 Å². The van der Waals surface area contributed by atoms with E-state index < -0.39 is 40.9 Å². The summed E-state index contributed by atoms with van der Waals surface area (Å²) in [5.41, 5.74) is -3.85. The first kappa shape index (κ1) is 23.8. The van der Waals surface area contributed by atoms with Gasteiger partial charge < -0.3 is 5.32 Å². The number of aromatic nitrogens is 2. The fourth-order valence-electron chi connectivity index (χ4n) is 4.91. The van der Waals surface area contributed by atoms with Crippen molar-refractivity contribution in [3.05, 3.63) is 48.5 Å². The van der Waals surface area contributed by atoms with E-state index in [1.165, 1.54) is 37.8 Å². The molecule has 1 N–H and O–H groups in total. The molecule has 1 heterocycles. The molecule has 0 spiro atoms. The number of carbonyl (C=O) groups is 2. The van der Waals surface area contributed by atoms with Gasteiger partial charge in [0.15, 0.2) is 5.54 Å². The molecule has 2 unspecified atom stereocenters. The Morgan fingerprint density at radius 3 is 2.39 bits per heavy atom. The Hall–Kier alpha value is -2.33. The molecule has 2 saturated carbocycles. The van der Waals surface area contributed by atoms with Crippen molar-refractivity contribution >= 4 is 41.7 Å². The maximum atomic E-state index is 14.1. The Morgan fingerprint density at radius 2 is 1.88 bits per heavy atom. The van der Waals surface area contributed by atoms with Gasteiger partial charge in [-0.15, -0.1) is 12.6 Å². The lowest BCUT2D eigenvalue weighted by molar-refractivity contribution is -0.132. The largest absolute Gasteiger partial charge is 0.351 e. The number of thiol groups is 1. The van der Waals surface area contributed by atoms with E-state index in [1.54, 1.807) is 12.1 Å². The van der Waals surface area contributed by atoms with Gasteiger partial charge in [-0.05, 0) is 49.9 Å². The predicted octanol–water partition coefficient (Wildman–Crippen LogP) is 4.10. The fraction of sp³-hybridized carbons (Fsp3) is 0.455. The molecule has 0 saturated heterocycles. The highest BCUT2D eigenvalue weighted by atomic mass is 35.5. The summed E-state index contributed by atoms with van der Waals surface area (Å²) in [6.45, 7) is 1.43. The Balaban J connectivity index is 1.75. The van der Waals surface area contributed by atoms with Crippen LogP contribution in [0.4, 0.5) is 18.9 Å². The standard InChI is InChI=1S/C22H22ClF3N4O2S/c1-21(14-9-27-11-28-10-14,20(32)29-17-7-13-6-12(17)8-22(13,25)26)30(19(31)18(23)24)15-2-4-16(33)5-3-15/h2-5,9-13,17-18,33H,6-8H2,1H3,(H,29,32)/t12?,13?,17-,18+,21-/m1/s1. The molecule has 6 nitrogen and oxygen atoms in total. The van der Waals surface area contributed by atoms with Crippen LogP contribution in [0.1, 0.15) is 31.7 Å². The van der Waals surface area contributed by atoms with Crippen LogP contribution in [0.2, 0.25) is 0 Å². The molecule has 1 aromatic carbocycles. The molecule has 33 heavy (non-hydrogen) atoms. The van der Waals surface area contributed by atoms with E-state index in [9.17, 15) is 22.8 Å². The maximum Gasteiger partial charge on any atom is 0.278 e. The first-order chi connectivity index (χ1) is 15.5. The van der Waals surface area contributed by atoms with Gasteiger partial charge >= 0.3 is 0 Å². The second-order valence-electron chi connectivity index (χ2n) is 8.66. The van der Waals surface area contributed by atoms with Crippen molar-refractivity contribution in [2.75, 3.05) is 4.90 Å². The zero-order chi connectivity index (χ0) is 24.0. The van der Waals surface area contributed by atoms with Crippen molar-refractivity contribution in [3.8, 4) is 0 Å². The molecule has 1 aromatic heterocycles. The van der Waals surface area contributed by atoms with Gasteiger partial charge in [0.25, 0.3) is 23.4 Å². The van der Waals surface area contributed by atoms with Crippen LogP contribution in [-0.2, 0) is 15.1 Å². The molecule has 176 valence electrons. The molecular weight excluding hydrogens is 477 g/mol. The molecule has 2 aromatic rings. The van der Waals surface area contributed by atoms with Crippen molar-refractivity contribution in [2.24, 2.45) is 11.8 Å². The van der Waals surface area contributed by atoms with Crippen LogP contribution in [0.15, 0.2) is 47.9 Å². The number of rotatable bonds is 6. The van der Waals surface area contributed by atoms with Crippen LogP contribution in [0.25, 0.3) is 0 Å². The molecule has 11 heteroatoms. The third kappa shape index (κ3) is 4.30. The average Bonchev–Trinajstić information content (AvgIpc) is 3.31. The van der Waals surface area contributed by atoms with Crippen LogP contribution in [0, 0.1) is 11.8 Å². The zero-order valence-corrected chi connectivity index (χ0v) is 19.2. The highest BCUT2D eigenvalue weighted by Crippen LogP contribution is 2.53. The molecule has 2 amide bonds. The third-order valence-electron chi connectivity index (χ3n) is 6.67. The monoisotopic (exact) mass is 498 g/mol. The smallest absolute Gasteiger partial charge is 0.278 e. The van der Waals surface area contributed by atoms with Gasteiger partial charge in [0.05, 0.1) is 0 Å². The third-order valence-corrected chi connectivity index (χ3v) is 7.15. The number of anilines is 1. The predicted molar refractivity (Wildman–Crippen MR) is 119 cm³/mol. The number of halogens is 4. The fourth-order valence-corrected chi connectivity index (χ4v) is 5.16. The lowest BCUT2D eigenvalue weighted by atomic mass is 9.87. The van der Waals surface area contributed by atoms with E-state index in [0.717, 1.165) is 4.90 Å². The first-order valence-corrected chi connectivity index (χ1v) is 11.3. The van der Waals surface area contributed by atoms with Gasteiger partial charge in [0.1, 0.15) is 6.33 Å². The highest BCUT2D eigenvalue weighted by Gasteiger charge is 2.58. The SMILES string of the molecule is C[C@](C(=O)N[C@@H]1CC2CC1CC2(F)F)(c1cncnc1)N(C(=O)[C@H](F)Cl)c1ccc(S)cc1. The summed E-state index contributed by atoms with van der Waals surface area (Å²) in [6, 6.07) is 5.69. The topological polar surface area (TPSA) is 75.2 Å². The van der Waals surface area contributed by atoms with Gasteiger partial charge in [0.2, 0.25) is 0 Å². The summed E-state index contributed by atoms with van der Waals surface area (Å²) in [4.78, 5) is 36.2. The molecule has 2 aliphatic rings. The van der Waals surface area contributed by atoms with E-state index in [1.807, 2.05) is 0 Å². The summed E-state index contributed by atoms with van der Waals surface area (Å²) >= 11 is 9.76. The van der Waals surface area contributed by atoms with E-state index in [4.69, 9.17) is 11.6 Å². The van der Waals surface area contributed by atoms with E-state index in [0.29, 0.717) is 11.3 Å². The molecule has 2 bridgehead atoms. The van der Waals surface area contributed by atoms with Gasteiger partial charge in [-0.1, -0.05) is 11.6 Å². The number of hydrogen-bond donors (Lipinski definition) is 2. The van der Waals surface area contributed by atoms with Crippen LogP contribution in [-0.4, -0.2) is 39.4 Å². The number of benzene rings is 1. The number of alkyl halides is 4. The van der Waals surface area contributed by atoms with Crippen molar-refractivity contribution in [2.45, 2.75) is 54.2 Å². The quantitative estimate of drug-likeness (QED) is 0.464. The second-order valence-corrected chi connectivity index (χ2v) is 9.56. The number of nitrogens with one attached hydrogen (secondary N) is 1. The number of nitrogens with zero attached hydrogens (tertiary/aromatic N) is 3. The second kappa shape index (κ2) is 8.79. The average molecular weight is 499 g/mol. The number of hydrogen-bond acceptors (Lipinski definition) is 5. The van der Waals surface area contributed by atoms with Crippen molar-refractivity contribution < 1.29 is 22.8 Å². The van der Waals surface area contributed by atoms with E-state index in [-0.39, 0.29) is 30.0 Å². The summed E-state index contributed by atoms with van der Waals surface area (Å²) in [5.74, 6) is -5.74. The number of fused-ring (bicyclic) bond motifs is 2. The normalized spacial score (nSPS) is 25.8. The molecule has 2 fully saturated rings. The minimum Gasteiger partial charge on any atom is -0.351 e. The molecule has 4 rings (SSSR count).